The van der Waals surface area contributed by atoms with E-state index in [2.05, 4.69) is 17.3 Å². The predicted molar refractivity (Wildman–Crippen MR) is 95.4 cm³/mol. The molecule has 2 saturated heterocycles. The van der Waals surface area contributed by atoms with E-state index in [0.29, 0.717) is 30.8 Å². The topological polar surface area (TPSA) is 61.9 Å². The van der Waals surface area contributed by atoms with Crippen LogP contribution in [0.5, 0.6) is 0 Å². The standard InChI is InChI=1S/C19H27N3O3/c1-3-25-18(23)15-6-4-14(5-7-15)12-20-19(24)22-11-10-16-8-9-17(13-22)21(16)2/h4-7,16-17H,3,8-13H2,1-2H3,(H,20,24)/t16-,17+/m1/s1. The van der Waals surface area contributed by atoms with Crippen molar-refractivity contribution < 1.29 is 14.3 Å². The maximum atomic E-state index is 12.5. The summed E-state index contributed by atoms with van der Waals surface area (Å²) in [5, 5.41) is 3.00. The van der Waals surface area contributed by atoms with Gasteiger partial charge in [-0.05, 0) is 50.9 Å². The van der Waals surface area contributed by atoms with E-state index in [1.807, 2.05) is 17.0 Å². The monoisotopic (exact) mass is 345 g/mol. The number of carbonyl (C=O) groups is 2. The zero-order valence-corrected chi connectivity index (χ0v) is 15.0. The lowest BCUT2D eigenvalue weighted by Crippen LogP contribution is -2.44. The number of carbonyl (C=O) groups excluding carboxylic acids is 2. The van der Waals surface area contributed by atoms with Crippen molar-refractivity contribution >= 4 is 12.0 Å². The van der Waals surface area contributed by atoms with Crippen LogP contribution < -0.4 is 5.32 Å². The van der Waals surface area contributed by atoms with Gasteiger partial charge in [-0.2, -0.15) is 0 Å². The van der Waals surface area contributed by atoms with E-state index in [4.69, 9.17) is 4.74 Å². The normalized spacial score (nSPS) is 23.2. The van der Waals surface area contributed by atoms with Gasteiger partial charge in [0.25, 0.3) is 0 Å². The third kappa shape index (κ3) is 4.12. The smallest absolute Gasteiger partial charge is 0.338 e. The van der Waals surface area contributed by atoms with Crippen LogP contribution in [0, 0.1) is 0 Å². The minimum atomic E-state index is -0.318. The molecule has 6 heteroatoms. The Bertz CT molecular complexity index is 617. The number of likely N-dealkylation sites (N-methyl/N-ethyl adjacent to an activating group) is 1. The van der Waals surface area contributed by atoms with Crippen LogP contribution in [0.2, 0.25) is 0 Å². The molecule has 0 aromatic heterocycles. The molecule has 2 atom stereocenters. The van der Waals surface area contributed by atoms with Crippen molar-refractivity contribution in [3.05, 3.63) is 35.4 Å². The van der Waals surface area contributed by atoms with Crippen LogP contribution in [0.1, 0.15) is 42.1 Å². The first-order valence-corrected chi connectivity index (χ1v) is 9.09. The van der Waals surface area contributed by atoms with Crippen LogP contribution >= 0.6 is 0 Å². The fraction of sp³-hybridized carbons (Fsp3) is 0.579. The maximum absolute atomic E-state index is 12.5. The van der Waals surface area contributed by atoms with Gasteiger partial charge in [0.1, 0.15) is 0 Å². The first kappa shape index (κ1) is 17.7. The number of esters is 1. The van der Waals surface area contributed by atoms with Gasteiger partial charge in [-0.15, -0.1) is 0 Å². The van der Waals surface area contributed by atoms with E-state index in [-0.39, 0.29) is 12.0 Å². The molecule has 1 N–H and O–H groups in total. The van der Waals surface area contributed by atoms with Crippen LogP contribution in [0.4, 0.5) is 4.79 Å². The van der Waals surface area contributed by atoms with Gasteiger partial charge in [-0.3, -0.25) is 4.90 Å². The quantitative estimate of drug-likeness (QED) is 0.850. The van der Waals surface area contributed by atoms with Gasteiger partial charge in [-0.1, -0.05) is 12.1 Å². The van der Waals surface area contributed by atoms with Crippen molar-refractivity contribution in [3.8, 4) is 0 Å². The van der Waals surface area contributed by atoms with Gasteiger partial charge >= 0.3 is 12.0 Å². The molecule has 0 saturated carbocycles. The SMILES string of the molecule is CCOC(=O)c1ccc(CNC(=O)N2CC[C@H]3CC[C@@H](C2)N3C)cc1. The maximum Gasteiger partial charge on any atom is 0.338 e. The second-order valence-electron chi connectivity index (χ2n) is 6.86. The summed E-state index contributed by atoms with van der Waals surface area (Å²) in [4.78, 5) is 28.5. The highest BCUT2D eigenvalue weighted by atomic mass is 16.5. The summed E-state index contributed by atoms with van der Waals surface area (Å²) in [6.45, 7) is 4.24. The van der Waals surface area contributed by atoms with E-state index in [9.17, 15) is 9.59 Å². The number of benzene rings is 1. The van der Waals surface area contributed by atoms with Gasteiger partial charge < -0.3 is 15.0 Å². The minimum Gasteiger partial charge on any atom is -0.462 e. The molecule has 1 aromatic rings. The van der Waals surface area contributed by atoms with Crippen LogP contribution in [0.15, 0.2) is 24.3 Å². The minimum absolute atomic E-state index is 0.00424. The lowest BCUT2D eigenvalue weighted by atomic mass is 10.1. The third-order valence-corrected chi connectivity index (χ3v) is 5.34. The second-order valence-corrected chi connectivity index (χ2v) is 6.86. The van der Waals surface area contributed by atoms with Crippen LogP contribution in [-0.4, -0.2) is 60.6 Å². The zero-order chi connectivity index (χ0) is 17.8. The Kier molecular flexibility index (Phi) is 5.58. The molecule has 2 aliphatic heterocycles. The van der Waals surface area contributed by atoms with Crippen molar-refractivity contribution in [3.63, 3.8) is 0 Å². The molecule has 1 aromatic carbocycles. The highest BCUT2D eigenvalue weighted by molar-refractivity contribution is 5.89. The molecule has 2 aliphatic rings. The molecule has 0 unspecified atom stereocenters. The molecule has 6 nitrogen and oxygen atoms in total. The highest BCUT2D eigenvalue weighted by Crippen LogP contribution is 2.28. The van der Waals surface area contributed by atoms with Crippen LogP contribution in [0.25, 0.3) is 0 Å². The Labute approximate surface area is 149 Å². The van der Waals surface area contributed by atoms with Gasteiger partial charge in [0.05, 0.1) is 12.2 Å². The Morgan fingerprint density at radius 3 is 2.60 bits per heavy atom. The van der Waals surface area contributed by atoms with Crippen LogP contribution in [-0.2, 0) is 11.3 Å². The molecule has 3 rings (SSSR count). The molecule has 25 heavy (non-hydrogen) atoms. The Balaban J connectivity index is 1.51. The molecular formula is C19H27N3O3. The Morgan fingerprint density at radius 2 is 1.88 bits per heavy atom. The second kappa shape index (κ2) is 7.87. The first-order chi connectivity index (χ1) is 12.1. The fourth-order valence-corrected chi connectivity index (χ4v) is 3.76. The molecule has 2 bridgehead atoms. The molecule has 2 heterocycles. The molecule has 136 valence electrons. The average molecular weight is 345 g/mol. The molecule has 0 aliphatic carbocycles. The molecule has 0 spiro atoms. The number of likely N-dealkylation sites (tertiary alicyclic amines) is 1. The first-order valence-electron chi connectivity index (χ1n) is 9.09. The summed E-state index contributed by atoms with van der Waals surface area (Å²) in [7, 11) is 2.18. The molecule has 2 fully saturated rings. The van der Waals surface area contributed by atoms with Crippen molar-refractivity contribution in [2.24, 2.45) is 0 Å². The summed E-state index contributed by atoms with van der Waals surface area (Å²) in [6.07, 6.45) is 3.48. The van der Waals surface area contributed by atoms with E-state index >= 15 is 0 Å². The van der Waals surface area contributed by atoms with E-state index in [0.717, 1.165) is 25.1 Å². The summed E-state index contributed by atoms with van der Waals surface area (Å²) >= 11 is 0. The van der Waals surface area contributed by atoms with Gasteiger partial charge in [0, 0.05) is 31.7 Å². The van der Waals surface area contributed by atoms with Crippen molar-refractivity contribution in [1.29, 1.82) is 0 Å². The number of hydrogen-bond donors (Lipinski definition) is 1. The number of ether oxygens (including phenoxy) is 1. The summed E-state index contributed by atoms with van der Waals surface area (Å²) in [5.41, 5.74) is 1.50. The van der Waals surface area contributed by atoms with Gasteiger partial charge in [-0.25, -0.2) is 9.59 Å². The summed E-state index contributed by atoms with van der Waals surface area (Å²) in [5.74, 6) is -0.318. The fourth-order valence-electron chi connectivity index (χ4n) is 3.76. The average Bonchev–Trinajstić information content (AvgIpc) is 2.85. The Morgan fingerprint density at radius 1 is 1.16 bits per heavy atom. The van der Waals surface area contributed by atoms with Gasteiger partial charge in [0.15, 0.2) is 0 Å². The van der Waals surface area contributed by atoms with Crippen molar-refractivity contribution in [2.45, 2.75) is 44.8 Å². The van der Waals surface area contributed by atoms with E-state index < -0.39 is 0 Å². The van der Waals surface area contributed by atoms with Crippen molar-refractivity contribution in [1.82, 2.24) is 15.1 Å². The number of rotatable bonds is 4. The number of nitrogens with one attached hydrogen (secondary N) is 1. The molecule has 0 radical (unpaired) electrons. The lowest BCUT2D eigenvalue weighted by molar-refractivity contribution is 0.0526. The zero-order valence-electron chi connectivity index (χ0n) is 15.0. The molecular weight excluding hydrogens is 318 g/mol. The third-order valence-electron chi connectivity index (χ3n) is 5.34. The lowest BCUT2D eigenvalue weighted by Gasteiger charge is -2.26. The highest BCUT2D eigenvalue weighted by Gasteiger charge is 2.35. The number of fused-ring (bicyclic) bond motifs is 2. The number of urea groups is 1. The van der Waals surface area contributed by atoms with Gasteiger partial charge in [0.2, 0.25) is 0 Å². The predicted octanol–water partition coefficient (Wildman–Crippen LogP) is 2.24. The van der Waals surface area contributed by atoms with E-state index in [1.165, 1.54) is 12.8 Å². The summed E-state index contributed by atoms with van der Waals surface area (Å²) < 4.78 is 4.97. The largest absolute Gasteiger partial charge is 0.462 e. The number of nitrogens with zero attached hydrogens (tertiary/aromatic N) is 2. The number of amides is 2. The van der Waals surface area contributed by atoms with E-state index in [1.54, 1.807) is 19.1 Å². The number of hydrogen-bond acceptors (Lipinski definition) is 4. The molecule has 2 amide bonds. The van der Waals surface area contributed by atoms with Crippen molar-refractivity contribution in [2.75, 3.05) is 26.7 Å². The summed E-state index contributed by atoms with van der Waals surface area (Å²) in [6, 6.07) is 8.28. The van der Waals surface area contributed by atoms with Crippen LogP contribution in [0.3, 0.4) is 0 Å². The Hall–Kier alpha value is -2.08.